The highest BCUT2D eigenvalue weighted by Crippen LogP contribution is 2.30. The Morgan fingerprint density at radius 1 is 1.06 bits per heavy atom. The first-order valence-electron chi connectivity index (χ1n) is 17.2. The highest BCUT2D eigenvalue weighted by atomic mass is 32.2. The van der Waals surface area contributed by atoms with E-state index in [9.17, 15) is 37.1 Å². The van der Waals surface area contributed by atoms with Gasteiger partial charge in [0, 0.05) is 31.5 Å². The number of urea groups is 1. The highest BCUT2D eigenvalue weighted by Gasteiger charge is 2.44. The molecule has 2 rings (SSSR count). The fourth-order valence-electron chi connectivity index (χ4n) is 5.85. The Kier molecular flexibility index (Phi) is 16.8. The topological polar surface area (TPSA) is 150 Å². The summed E-state index contributed by atoms with van der Waals surface area (Å²) in [6.45, 7) is 12.9. The van der Waals surface area contributed by atoms with Crippen LogP contribution >= 0.6 is 11.8 Å². The molecule has 0 bridgehead atoms. The number of aromatic nitrogens is 1. The minimum absolute atomic E-state index is 0.0918. The van der Waals surface area contributed by atoms with Gasteiger partial charge in [-0.2, -0.15) is 13.2 Å². The van der Waals surface area contributed by atoms with Crippen LogP contribution in [0.3, 0.4) is 0 Å². The van der Waals surface area contributed by atoms with Gasteiger partial charge in [0.1, 0.15) is 12.1 Å². The van der Waals surface area contributed by atoms with Crippen LogP contribution in [0.4, 0.5) is 18.0 Å². The lowest BCUT2D eigenvalue weighted by molar-refractivity contribution is -0.147. The van der Waals surface area contributed by atoms with Crippen molar-refractivity contribution >= 4 is 41.3 Å². The Labute approximate surface area is 297 Å². The van der Waals surface area contributed by atoms with Crippen LogP contribution in [-0.4, -0.2) is 88.1 Å². The second-order valence-corrected chi connectivity index (χ2v) is 14.8. The molecule has 2 heterocycles. The van der Waals surface area contributed by atoms with Gasteiger partial charge in [0.2, 0.25) is 17.6 Å². The standard InChI is InChI=1S/C35H53F3N6O5S/c1-7-10-18-34(17-8-2,23-50-26-15-11-12-21-39-26)43-32(49)42-28(33(4,5)6)31(48)44-22-13-14-25(44)29(46)41-24(16-19-35(36,37)38)27(45)30(47)40-20-9-3/h9,11-12,15,21,24-25,28H,3,7-8,10,13-14,16-20,22-23H2,1-2,4-6H3,(H,40,47)(H,41,46)(H2,42,43,49)/t24?,25-,28?,34?/m0/s1. The lowest BCUT2D eigenvalue weighted by Gasteiger charge is -2.38. The zero-order valence-corrected chi connectivity index (χ0v) is 30.6. The maximum absolute atomic E-state index is 14.1. The van der Waals surface area contributed by atoms with Crippen LogP contribution in [0.2, 0.25) is 0 Å². The van der Waals surface area contributed by atoms with Crippen LogP contribution in [0.5, 0.6) is 0 Å². The summed E-state index contributed by atoms with van der Waals surface area (Å²) in [7, 11) is 0. The third-order valence-corrected chi connectivity index (χ3v) is 9.69. The van der Waals surface area contributed by atoms with E-state index in [-0.39, 0.29) is 19.5 Å². The number of Topliss-reactive ketones (excluding diaryl/α,β-unsaturated/α-hetero) is 1. The summed E-state index contributed by atoms with van der Waals surface area (Å²) in [5.74, 6) is -3.21. The van der Waals surface area contributed by atoms with Crippen molar-refractivity contribution in [2.45, 2.75) is 127 Å². The summed E-state index contributed by atoms with van der Waals surface area (Å²) in [5, 5.41) is 11.4. The Morgan fingerprint density at radius 2 is 1.78 bits per heavy atom. The summed E-state index contributed by atoms with van der Waals surface area (Å²) in [5.41, 5.74) is -1.39. The number of carbonyl (C=O) groups is 5. The molecule has 1 aromatic rings. The van der Waals surface area contributed by atoms with Crippen LogP contribution in [0, 0.1) is 5.41 Å². The molecule has 1 aromatic heterocycles. The van der Waals surface area contributed by atoms with Crippen LogP contribution in [0.1, 0.15) is 92.4 Å². The van der Waals surface area contributed by atoms with E-state index in [2.05, 4.69) is 39.8 Å². The number of hydrogen-bond donors (Lipinski definition) is 4. The van der Waals surface area contributed by atoms with E-state index in [1.54, 1.807) is 38.7 Å². The SMILES string of the molecule is C=CCNC(=O)C(=O)C(CCC(F)(F)F)NC(=O)[C@@H]1CCCN1C(=O)C(NC(=O)NC(CCC)(CCCC)CSc1ccccn1)C(C)(C)C. The van der Waals surface area contributed by atoms with Gasteiger partial charge >= 0.3 is 12.2 Å². The Bertz CT molecular complexity index is 1310. The van der Waals surface area contributed by atoms with Crippen molar-refractivity contribution in [3.63, 3.8) is 0 Å². The molecule has 0 aromatic carbocycles. The molecule has 0 saturated carbocycles. The summed E-state index contributed by atoms with van der Waals surface area (Å²) in [6.07, 6.45) is 0.732. The number of likely N-dealkylation sites (tertiary alicyclic amines) is 1. The number of pyridine rings is 1. The predicted molar refractivity (Wildman–Crippen MR) is 187 cm³/mol. The van der Waals surface area contributed by atoms with E-state index in [0.29, 0.717) is 25.0 Å². The number of rotatable bonds is 19. The molecule has 5 amide bonds. The minimum Gasteiger partial charge on any atom is -0.346 e. The normalized spacial score (nSPS) is 17.2. The van der Waals surface area contributed by atoms with E-state index < -0.39 is 77.6 Å². The third kappa shape index (κ3) is 13.6. The van der Waals surface area contributed by atoms with E-state index in [1.165, 1.54) is 11.0 Å². The average molecular weight is 727 g/mol. The van der Waals surface area contributed by atoms with Gasteiger partial charge < -0.3 is 26.2 Å². The second kappa shape index (κ2) is 19.7. The van der Waals surface area contributed by atoms with E-state index >= 15 is 0 Å². The lowest BCUT2D eigenvalue weighted by atomic mass is 9.85. The van der Waals surface area contributed by atoms with E-state index in [4.69, 9.17) is 0 Å². The van der Waals surface area contributed by atoms with Crippen LogP contribution in [-0.2, 0) is 19.2 Å². The van der Waals surface area contributed by atoms with Crippen LogP contribution in [0.25, 0.3) is 0 Å². The number of ketones is 1. The number of nitrogens with zero attached hydrogens (tertiary/aromatic N) is 2. The minimum atomic E-state index is -4.63. The largest absolute Gasteiger partial charge is 0.389 e. The highest BCUT2D eigenvalue weighted by molar-refractivity contribution is 7.99. The number of hydrogen-bond acceptors (Lipinski definition) is 7. The maximum Gasteiger partial charge on any atom is 0.389 e. The lowest BCUT2D eigenvalue weighted by Crippen LogP contribution is -2.62. The molecule has 0 aliphatic carbocycles. The molecule has 11 nitrogen and oxygen atoms in total. The number of nitrogens with one attached hydrogen (secondary N) is 4. The smallest absolute Gasteiger partial charge is 0.346 e. The number of alkyl halides is 3. The fourth-order valence-corrected chi connectivity index (χ4v) is 6.94. The summed E-state index contributed by atoms with van der Waals surface area (Å²) in [4.78, 5) is 72.1. The van der Waals surface area contributed by atoms with Crippen molar-refractivity contribution in [1.82, 2.24) is 31.2 Å². The molecule has 15 heteroatoms. The molecule has 1 aliphatic rings. The van der Waals surface area contributed by atoms with Crippen molar-refractivity contribution in [3.05, 3.63) is 37.1 Å². The average Bonchev–Trinajstić information content (AvgIpc) is 3.55. The van der Waals surface area contributed by atoms with Gasteiger partial charge in [-0.15, -0.1) is 18.3 Å². The van der Waals surface area contributed by atoms with Gasteiger partial charge in [-0.3, -0.25) is 19.2 Å². The van der Waals surface area contributed by atoms with Crippen molar-refractivity contribution in [1.29, 1.82) is 0 Å². The van der Waals surface area contributed by atoms with Gasteiger partial charge in [-0.05, 0) is 49.7 Å². The molecule has 3 unspecified atom stereocenters. The molecule has 1 fully saturated rings. The monoisotopic (exact) mass is 726 g/mol. The Hall–Kier alpha value is -3.62. The van der Waals surface area contributed by atoms with Crippen molar-refractivity contribution in [2.24, 2.45) is 5.41 Å². The van der Waals surface area contributed by atoms with Gasteiger partial charge in [0.05, 0.1) is 16.6 Å². The van der Waals surface area contributed by atoms with Gasteiger partial charge in [-0.1, -0.05) is 66.0 Å². The Balaban J connectivity index is 2.27. The molecule has 50 heavy (non-hydrogen) atoms. The molecular formula is C35H53F3N6O5S. The number of halogens is 3. The number of amides is 5. The molecular weight excluding hydrogens is 673 g/mol. The first-order chi connectivity index (χ1) is 23.5. The number of carbonyl (C=O) groups excluding carboxylic acids is 5. The number of thioether (sulfide) groups is 1. The molecule has 4 atom stereocenters. The van der Waals surface area contributed by atoms with Gasteiger partial charge in [0.15, 0.2) is 0 Å². The van der Waals surface area contributed by atoms with Crippen LogP contribution < -0.4 is 21.3 Å². The number of unbranched alkanes of at least 4 members (excludes halogenated alkanes) is 1. The Morgan fingerprint density at radius 3 is 2.36 bits per heavy atom. The quantitative estimate of drug-likeness (QED) is 0.0859. The molecule has 0 radical (unpaired) electrons. The fraction of sp³-hybridized carbons (Fsp3) is 0.657. The van der Waals surface area contributed by atoms with E-state index in [0.717, 1.165) is 24.3 Å². The maximum atomic E-state index is 14.1. The second-order valence-electron chi connectivity index (χ2n) is 13.8. The van der Waals surface area contributed by atoms with Gasteiger partial charge in [0.25, 0.3) is 5.91 Å². The third-order valence-electron chi connectivity index (χ3n) is 8.46. The first-order valence-corrected chi connectivity index (χ1v) is 18.2. The van der Waals surface area contributed by atoms with Crippen molar-refractivity contribution < 1.29 is 37.1 Å². The zero-order valence-electron chi connectivity index (χ0n) is 29.8. The molecule has 0 spiro atoms. The van der Waals surface area contributed by atoms with E-state index in [1.807, 2.05) is 25.1 Å². The molecule has 280 valence electrons. The first kappa shape index (κ1) is 42.5. The van der Waals surface area contributed by atoms with Gasteiger partial charge in [-0.25, -0.2) is 9.78 Å². The summed E-state index contributed by atoms with van der Waals surface area (Å²) in [6, 6.07) is 1.16. The molecule has 1 aliphatic heterocycles. The van der Waals surface area contributed by atoms with Crippen molar-refractivity contribution in [3.8, 4) is 0 Å². The molecule has 4 N–H and O–H groups in total. The van der Waals surface area contributed by atoms with Crippen LogP contribution in [0.15, 0.2) is 42.1 Å². The molecule has 1 saturated heterocycles. The van der Waals surface area contributed by atoms with Crippen molar-refractivity contribution in [2.75, 3.05) is 18.8 Å². The summed E-state index contributed by atoms with van der Waals surface area (Å²) >= 11 is 1.54. The summed E-state index contributed by atoms with van der Waals surface area (Å²) < 4.78 is 39.3. The zero-order chi connectivity index (χ0) is 37.5. The predicted octanol–water partition coefficient (Wildman–Crippen LogP) is 5.31.